The Bertz CT molecular complexity index is 2040. The van der Waals surface area contributed by atoms with Gasteiger partial charge in [-0.15, -0.1) is 0 Å². The number of hydrogen-bond donors (Lipinski definition) is 2. The van der Waals surface area contributed by atoms with Crippen LogP contribution in [0.1, 0.15) is 11.1 Å². The summed E-state index contributed by atoms with van der Waals surface area (Å²) in [5.74, 6) is 1.21. The topological polar surface area (TPSA) is 158 Å². The lowest BCUT2D eigenvalue weighted by atomic mass is 10.2. The fraction of sp³-hybridized carbons (Fsp3) is 0.0667. The highest BCUT2D eigenvalue weighted by molar-refractivity contribution is 8.13. The average molecular weight is 699 g/mol. The third-order valence-electron chi connectivity index (χ3n) is 5.79. The van der Waals surface area contributed by atoms with Crippen LogP contribution in [0.15, 0.2) is 119 Å². The van der Waals surface area contributed by atoms with E-state index in [0.29, 0.717) is 16.8 Å². The highest BCUT2D eigenvalue weighted by Crippen LogP contribution is 2.23. The zero-order valence-electron chi connectivity index (χ0n) is 23.9. The first-order valence-corrected chi connectivity index (χ1v) is 18.4. The van der Waals surface area contributed by atoms with Gasteiger partial charge in [0.2, 0.25) is 5.13 Å². The molecule has 0 fully saturated rings. The highest BCUT2D eigenvalue weighted by atomic mass is 35.7. The number of rotatable bonds is 6. The second-order valence-electron chi connectivity index (χ2n) is 9.28. The van der Waals surface area contributed by atoms with Gasteiger partial charge < -0.3 is 5.73 Å². The summed E-state index contributed by atoms with van der Waals surface area (Å²) in [5, 5.41) is 0.758. The Balaban J connectivity index is 0.000000169. The summed E-state index contributed by atoms with van der Waals surface area (Å²) in [7, 11) is -2.11. The van der Waals surface area contributed by atoms with Crippen molar-refractivity contribution in [2.45, 2.75) is 23.6 Å². The molecule has 2 aromatic heterocycles. The summed E-state index contributed by atoms with van der Waals surface area (Å²) in [6, 6.07) is 32.2. The van der Waals surface area contributed by atoms with Crippen molar-refractivity contribution in [3.8, 4) is 22.8 Å². The number of nitrogens with zero attached hydrogens (tertiary/aromatic N) is 4. The predicted molar refractivity (Wildman–Crippen MR) is 181 cm³/mol. The van der Waals surface area contributed by atoms with Crippen molar-refractivity contribution in [3.63, 3.8) is 0 Å². The van der Waals surface area contributed by atoms with E-state index >= 15 is 0 Å². The maximum absolute atomic E-state index is 12.3. The summed E-state index contributed by atoms with van der Waals surface area (Å²) in [5.41, 5.74) is 9.32. The molecule has 0 radical (unpaired) electrons. The standard InChI is InChI=1S/C15H13N3O2S2.C8H7N3S.C7H7ClO2S/c1-11-7-9-13(10-8-11)22(19,20)18-15-16-14(17-21-15)12-5-3-2-4-6-12;9-8-10-7(11-12-8)6-4-2-1-3-5-6;1-6-2-4-7(5-3-6)11(8,9)10/h2-10H,1H3,(H,16,17,18);1-5H,(H2,9,10,11);2-5H,1H3. The normalized spacial score (nSPS) is 11.0. The van der Waals surface area contributed by atoms with Gasteiger partial charge in [0.1, 0.15) is 0 Å². The number of sulfonamides is 1. The van der Waals surface area contributed by atoms with E-state index in [0.717, 1.165) is 33.8 Å². The van der Waals surface area contributed by atoms with E-state index in [4.69, 9.17) is 16.4 Å². The Hall–Kier alpha value is -4.21. The maximum atomic E-state index is 12.3. The van der Waals surface area contributed by atoms with Crippen molar-refractivity contribution < 1.29 is 16.8 Å². The molecule has 0 aliphatic rings. The minimum absolute atomic E-state index is 0.143. The Morgan fingerprint density at radius 2 is 1.07 bits per heavy atom. The van der Waals surface area contributed by atoms with Crippen molar-refractivity contribution in [1.29, 1.82) is 0 Å². The quantitative estimate of drug-likeness (QED) is 0.174. The van der Waals surface area contributed by atoms with Gasteiger partial charge in [-0.25, -0.2) is 16.8 Å². The molecule has 0 spiro atoms. The molecular weight excluding hydrogens is 672 g/mol. The number of aryl methyl sites for hydroxylation is 2. The van der Waals surface area contributed by atoms with E-state index in [9.17, 15) is 16.8 Å². The van der Waals surface area contributed by atoms with Gasteiger partial charge >= 0.3 is 0 Å². The zero-order chi connectivity index (χ0) is 32.5. The van der Waals surface area contributed by atoms with Crippen LogP contribution in [0.5, 0.6) is 0 Å². The van der Waals surface area contributed by atoms with Gasteiger partial charge in [-0.05, 0) is 38.1 Å². The number of nitrogens with two attached hydrogens (primary N) is 1. The van der Waals surface area contributed by atoms with Crippen molar-refractivity contribution in [3.05, 3.63) is 120 Å². The number of halogens is 1. The molecular formula is C30H27ClN6O4S4. The number of nitrogen functional groups attached to an aromatic ring is 1. The molecule has 0 bridgehead atoms. The van der Waals surface area contributed by atoms with E-state index in [-0.39, 0.29) is 14.9 Å². The van der Waals surface area contributed by atoms with Gasteiger partial charge in [0.15, 0.2) is 16.8 Å². The highest BCUT2D eigenvalue weighted by Gasteiger charge is 2.17. The molecule has 3 N–H and O–H groups in total. The Kier molecular flexibility index (Phi) is 11.4. The van der Waals surface area contributed by atoms with Crippen LogP contribution < -0.4 is 10.5 Å². The fourth-order valence-corrected chi connectivity index (χ4v) is 6.54. The lowest BCUT2D eigenvalue weighted by Gasteiger charge is -2.04. The monoisotopic (exact) mass is 698 g/mol. The number of nitrogens with one attached hydrogen (secondary N) is 1. The molecule has 0 atom stereocenters. The number of anilines is 2. The van der Waals surface area contributed by atoms with E-state index < -0.39 is 19.1 Å². The van der Waals surface area contributed by atoms with E-state index in [2.05, 4.69) is 23.4 Å². The first kappa shape index (κ1) is 33.7. The summed E-state index contributed by atoms with van der Waals surface area (Å²) >= 11 is 2.23. The number of benzene rings is 4. The van der Waals surface area contributed by atoms with Crippen molar-refractivity contribution in [1.82, 2.24) is 18.7 Å². The molecule has 4 aromatic carbocycles. The van der Waals surface area contributed by atoms with Gasteiger partial charge in [0.05, 0.1) is 9.79 Å². The Morgan fingerprint density at radius 3 is 1.51 bits per heavy atom. The molecule has 6 rings (SSSR count). The number of hydrogen-bond acceptors (Lipinski definition) is 11. The van der Waals surface area contributed by atoms with Crippen LogP contribution in [0.3, 0.4) is 0 Å². The SMILES string of the molecule is Cc1ccc(S(=O)(=O)Cl)cc1.Cc1ccc(S(=O)(=O)Nc2nc(-c3ccccc3)ns2)cc1.Nc1nc(-c2ccccc2)ns1. The van der Waals surface area contributed by atoms with Gasteiger partial charge in [-0.2, -0.15) is 18.7 Å². The summed E-state index contributed by atoms with van der Waals surface area (Å²) in [4.78, 5) is 8.64. The van der Waals surface area contributed by atoms with Crippen LogP contribution in [0.2, 0.25) is 0 Å². The molecule has 232 valence electrons. The Labute approximate surface area is 274 Å². The second kappa shape index (κ2) is 15.2. The third-order valence-corrected chi connectivity index (χ3v) is 9.81. The van der Waals surface area contributed by atoms with E-state index in [1.54, 1.807) is 36.4 Å². The molecule has 0 aliphatic heterocycles. The molecule has 0 amide bonds. The van der Waals surface area contributed by atoms with E-state index in [1.165, 1.54) is 23.7 Å². The molecule has 10 nitrogen and oxygen atoms in total. The van der Waals surface area contributed by atoms with Gasteiger partial charge in [0.25, 0.3) is 19.1 Å². The number of aromatic nitrogens is 4. The van der Waals surface area contributed by atoms with Crippen LogP contribution in [-0.4, -0.2) is 35.6 Å². The molecule has 15 heteroatoms. The molecule has 2 heterocycles. The molecule has 0 saturated heterocycles. The molecule has 45 heavy (non-hydrogen) atoms. The van der Waals surface area contributed by atoms with Crippen LogP contribution >= 0.6 is 33.7 Å². The molecule has 6 aromatic rings. The summed E-state index contributed by atoms with van der Waals surface area (Å²) < 4.78 is 56.7. The van der Waals surface area contributed by atoms with Gasteiger partial charge in [-0.3, -0.25) is 4.72 Å². The minimum atomic E-state index is -3.64. The van der Waals surface area contributed by atoms with Crippen LogP contribution in [-0.2, 0) is 19.1 Å². The Morgan fingerprint density at radius 1 is 0.622 bits per heavy atom. The third kappa shape index (κ3) is 10.2. The first-order valence-electron chi connectivity index (χ1n) is 13.1. The second-order valence-corrected chi connectivity index (χ2v) is 15.1. The predicted octanol–water partition coefficient (Wildman–Crippen LogP) is 7.02. The van der Waals surface area contributed by atoms with Crippen LogP contribution in [0.25, 0.3) is 22.8 Å². The van der Waals surface area contributed by atoms with Gasteiger partial charge in [-0.1, -0.05) is 96.1 Å². The lowest BCUT2D eigenvalue weighted by Crippen LogP contribution is -2.12. The summed E-state index contributed by atoms with van der Waals surface area (Å²) in [6.07, 6.45) is 0. The summed E-state index contributed by atoms with van der Waals surface area (Å²) in [6.45, 7) is 3.78. The maximum Gasteiger partial charge on any atom is 0.263 e. The fourth-order valence-electron chi connectivity index (χ4n) is 3.50. The molecule has 0 saturated carbocycles. The van der Waals surface area contributed by atoms with Crippen molar-refractivity contribution in [2.75, 3.05) is 10.5 Å². The van der Waals surface area contributed by atoms with Crippen molar-refractivity contribution >= 4 is 63.1 Å². The van der Waals surface area contributed by atoms with Crippen LogP contribution in [0.4, 0.5) is 10.3 Å². The van der Waals surface area contributed by atoms with Crippen LogP contribution in [0, 0.1) is 13.8 Å². The minimum Gasteiger partial charge on any atom is -0.374 e. The molecule has 0 aliphatic carbocycles. The smallest absolute Gasteiger partial charge is 0.263 e. The van der Waals surface area contributed by atoms with E-state index in [1.807, 2.05) is 74.5 Å². The molecule has 0 unspecified atom stereocenters. The first-order chi connectivity index (χ1) is 21.4. The lowest BCUT2D eigenvalue weighted by molar-refractivity contribution is 0.601. The largest absolute Gasteiger partial charge is 0.374 e. The van der Waals surface area contributed by atoms with Crippen molar-refractivity contribution in [2.24, 2.45) is 0 Å². The average Bonchev–Trinajstić information content (AvgIpc) is 3.67. The van der Waals surface area contributed by atoms with Gasteiger partial charge in [0, 0.05) is 44.9 Å². The zero-order valence-corrected chi connectivity index (χ0v) is 27.9.